The van der Waals surface area contributed by atoms with Crippen molar-refractivity contribution in [3.63, 3.8) is 0 Å². The molecule has 0 saturated carbocycles. The summed E-state index contributed by atoms with van der Waals surface area (Å²) in [6.07, 6.45) is 1.19. The van der Waals surface area contributed by atoms with E-state index >= 15 is 0 Å². The van der Waals surface area contributed by atoms with Crippen LogP contribution in [0.4, 0.5) is 5.69 Å². The molecule has 0 atom stereocenters. The third kappa shape index (κ3) is 4.39. The van der Waals surface area contributed by atoms with Crippen LogP contribution in [0.3, 0.4) is 0 Å². The Morgan fingerprint density at radius 2 is 1.96 bits per heavy atom. The van der Waals surface area contributed by atoms with Crippen molar-refractivity contribution in [2.75, 3.05) is 39.2 Å². The fraction of sp³-hybridized carbons (Fsp3) is 0.500. The van der Waals surface area contributed by atoms with Crippen molar-refractivity contribution in [1.29, 1.82) is 0 Å². The minimum absolute atomic E-state index is 0. The number of nitrogens with zero attached hydrogens (tertiary/aromatic N) is 1. The Bertz CT molecular complexity index is 602. The van der Waals surface area contributed by atoms with Crippen LogP contribution in [0.1, 0.15) is 23.2 Å². The first-order valence-electron chi connectivity index (χ1n) is 7.50. The van der Waals surface area contributed by atoms with E-state index in [0.29, 0.717) is 42.3 Å². The topological polar surface area (TPSA) is 84.7 Å². The van der Waals surface area contributed by atoms with Gasteiger partial charge in [0, 0.05) is 39.5 Å². The molecule has 1 saturated heterocycles. The average molecular weight is 376 g/mol. The normalized spacial score (nSPS) is 16.0. The van der Waals surface area contributed by atoms with Crippen molar-refractivity contribution in [1.82, 2.24) is 4.90 Å². The van der Waals surface area contributed by atoms with Gasteiger partial charge in [-0.3, -0.25) is 9.59 Å². The van der Waals surface area contributed by atoms with Crippen molar-refractivity contribution in [2.24, 2.45) is 11.1 Å². The highest BCUT2D eigenvalue weighted by molar-refractivity contribution is 6.34. The number of hydrogen-bond donors (Lipinski definition) is 2. The second-order valence-corrected chi connectivity index (χ2v) is 6.35. The number of benzene rings is 1. The van der Waals surface area contributed by atoms with Crippen molar-refractivity contribution in [3.8, 4) is 0 Å². The Hall–Kier alpha value is -1.34. The van der Waals surface area contributed by atoms with Crippen LogP contribution >= 0.6 is 24.0 Å². The van der Waals surface area contributed by atoms with Crippen LogP contribution in [0.25, 0.3) is 0 Å². The van der Waals surface area contributed by atoms with Gasteiger partial charge in [-0.25, -0.2) is 0 Å². The smallest absolute Gasteiger partial charge is 0.254 e. The fourth-order valence-corrected chi connectivity index (χ4v) is 2.82. The molecule has 1 aliphatic rings. The molecule has 6 nitrogen and oxygen atoms in total. The summed E-state index contributed by atoms with van der Waals surface area (Å²) in [5.41, 5.74) is 6.17. The third-order valence-electron chi connectivity index (χ3n) is 4.19. The second-order valence-electron chi connectivity index (χ2n) is 5.95. The van der Waals surface area contributed by atoms with Crippen molar-refractivity contribution in [3.05, 3.63) is 28.8 Å². The monoisotopic (exact) mass is 375 g/mol. The zero-order valence-corrected chi connectivity index (χ0v) is 15.4. The molecule has 8 heteroatoms. The number of anilines is 1. The number of hydrogen-bond acceptors (Lipinski definition) is 4. The standard InChI is InChI=1S/C16H22ClN3O3.ClH/c1-20(2)14(21)12-4-3-11(9-13(12)17)19-15(22)16(10-18)5-7-23-8-6-16;/h3-4,9H,5-8,10,18H2,1-2H3,(H,19,22);1H. The summed E-state index contributed by atoms with van der Waals surface area (Å²) in [5, 5.41) is 3.16. The lowest BCUT2D eigenvalue weighted by Gasteiger charge is -2.34. The highest BCUT2D eigenvalue weighted by Gasteiger charge is 2.38. The molecule has 1 heterocycles. The van der Waals surface area contributed by atoms with Gasteiger partial charge in [-0.15, -0.1) is 12.4 Å². The molecule has 1 fully saturated rings. The predicted octanol–water partition coefficient (Wildman–Crippen LogP) is 2.16. The number of rotatable bonds is 4. The molecule has 1 aliphatic heterocycles. The molecular weight excluding hydrogens is 353 g/mol. The van der Waals surface area contributed by atoms with Crippen molar-refractivity contribution < 1.29 is 14.3 Å². The molecule has 0 bridgehead atoms. The van der Waals surface area contributed by atoms with E-state index in [1.165, 1.54) is 4.90 Å². The lowest BCUT2D eigenvalue weighted by molar-refractivity contribution is -0.130. The fourth-order valence-electron chi connectivity index (χ4n) is 2.56. The molecule has 0 spiro atoms. The van der Waals surface area contributed by atoms with Gasteiger partial charge < -0.3 is 20.7 Å². The van der Waals surface area contributed by atoms with Crippen LogP contribution in [0.5, 0.6) is 0 Å². The number of carbonyl (C=O) groups is 2. The maximum absolute atomic E-state index is 12.6. The molecule has 1 aromatic carbocycles. The maximum Gasteiger partial charge on any atom is 0.254 e. The summed E-state index contributed by atoms with van der Waals surface area (Å²) < 4.78 is 5.31. The van der Waals surface area contributed by atoms with Gasteiger partial charge in [-0.2, -0.15) is 0 Å². The summed E-state index contributed by atoms with van der Waals surface area (Å²) >= 11 is 6.16. The lowest BCUT2D eigenvalue weighted by Crippen LogP contribution is -2.46. The Morgan fingerprint density at radius 3 is 2.46 bits per heavy atom. The largest absolute Gasteiger partial charge is 0.381 e. The van der Waals surface area contributed by atoms with Gasteiger partial charge in [0.2, 0.25) is 5.91 Å². The lowest BCUT2D eigenvalue weighted by atomic mass is 9.79. The Labute approximate surface area is 153 Å². The maximum atomic E-state index is 12.6. The zero-order valence-electron chi connectivity index (χ0n) is 13.8. The van der Waals surface area contributed by atoms with Gasteiger partial charge in [0.1, 0.15) is 0 Å². The van der Waals surface area contributed by atoms with Crippen LogP contribution in [0.2, 0.25) is 5.02 Å². The van der Waals surface area contributed by atoms with Crippen LogP contribution in [0, 0.1) is 5.41 Å². The Kier molecular flexibility index (Phi) is 7.48. The number of amides is 2. The Balaban J connectivity index is 0.00000288. The van der Waals surface area contributed by atoms with Gasteiger partial charge in [-0.05, 0) is 31.0 Å². The first-order chi connectivity index (χ1) is 10.9. The van der Waals surface area contributed by atoms with Gasteiger partial charge >= 0.3 is 0 Å². The van der Waals surface area contributed by atoms with E-state index in [0.717, 1.165) is 0 Å². The van der Waals surface area contributed by atoms with Gasteiger partial charge in [-0.1, -0.05) is 11.6 Å². The highest BCUT2D eigenvalue weighted by atomic mass is 35.5. The van der Waals surface area contributed by atoms with Gasteiger partial charge in [0.05, 0.1) is 16.0 Å². The predicted molar refractivity (Wildman–Crippen MR) is 96.9 cm³/mol. The molecular formula is C16H23Cl2N3O3. The molecule has 0 aromatic heterocycles. The molecule has 0 aliphatic carbocycles. The summed E-state index contributed by atoms with van der Waals surface area (Å²) in [5.74, 6) is -0.318. The van der Waals surface area contributed by atoms with E-state index in [2.05, 4.69) is 5.32 Å². The molecule has 2 rings (SSSR count). The molecule has 1 aromatic rings. The number of carbonyl (C=O) groups excluding carboxylic acids is 2. The van der Waals surface area contributed by atoms with Crippen LogP contribution < -0.4 is 11.1 Å². The molecule has 0 unspecified atom stereocenters. The van der Waals surface area contributed by atoms with Crippen LogP contribution in [-0.2, 0) is 9.53 Å². The number of nitrogens with two attached hydrogens (primary N) is 1. The second kappa shape index (κ2) is 8.67. The SMILES string of the molecule is CN(C)C(=O)c1ccc(NC(=O)C2(CN)CCOCC2)cc1Cl.Cl. The highest BCUT2D eigenvalue weighted by Crippen LogP contribution is 2.31. The molecule has 2 amide bonds. The van der Waals surface area contributed by atoms with E-state index in [9.17, 15) is 9.59 Å². The van der Waals surface area contributed by atoms with Crippen LogP contribution in [0.15, 0.2) is 18.2 Å². The summed E-state index contributed by atoms with van der Waals surface area (Å²) in [6.45, 7) is 1.33. The van der Waals surface area contributed by atoms with Gasteiger partial charge in [0.25, 0.3) is 5.91 Å². The van der Waals surface area contributed by atoms with Crippen molar-refractivity contribution >= 4 is 41.5 Å². The minimum Gasteiger partial charge on any atom is -0.381 e. The van der Waals surface area contributed by atoms with Crippen molar-refractivity contribution in [2.45, 2.75) is 12.8 Å². The quantitative estimate of drug-likeness (QED) is 0.844. The first kappa shape index (κ1) is 20.7. The molecule has 3 N–H and O–H groups in total. The summed E-state index contributed by atoms with van der Waals surface area (Å²) in [4.78, 5) is 26.0. The Morgan fingerprint density at radius 1 is 1.33 bits per heavy atom. The molecule has 0 radical (unpaired) electrons. The van der Waals surface area contributed by atoms with Gasteiger partial charge in [0.15, 0.2) is 0 Å². The molecule has 24 heavy (non-hydrogen) atoms. The summed E-state index contributed by atoms with van der Waals surface area (Å²) in [7, 11) is 3.31. The number of halogens is 2. The van der Waals surface area contributed by atoms with E-state index in [1.54, 1.807) is 32.3 Å². The van der Waals surface area contributed by atoms with E-state index < -0.39 is 5.41 Å². The number of nitrogens with one attached hydrogen (secondary N) is 1. The van der Waals surface area contributed by atoms with E-state index in [-0.39, 0.29) is 30.8 Å². The third-order valence-corrected chi connectivity index (χ3v) is 4.50. The minimum atomic E-state index is -0.608. The summed E-state index contributed by atoms with van der Waals surface area (Å²) in [6, 6.07) is 4.86. The van der Waals surface area contributed by atoms with E-state index in [1.807, 2.05) is 0 Å². The molecule has 134 valence electrons. The first-order valence-corrected chi connectivity index (χ1v) is 7.88. The number of ether oxygens (including phenoxy) is 1. The van der Waals surface area contributed by atoms with E-state index in [4.69, 9.17) is 22.1 Å². The van der Waals surface area contributed by atoms with Crippen LogP contribution in [-0.4, -0.2) is 50.6 Å². The zero-order chi connectivity index (χ0) is 17.0. The average Bonchev–Trinajstić information content (AvgIpc) is 2.54.